The van der Waals surface area contributed by atoms with Crippen molar-refractivity contribution in [3.05, 3.63) is 34.4 Å². The predicted molar refractivity (Wildman–Crippen MR) is 125 cm³/mol. The lowest BCUT2D eigenvalue weighted by molar-refractivity contribution is -0.401. The quantitative estimate of drug-likeness (QED) is 0.312. The maximum absolute atomic E-state index is 11.9. The number of methoxy groups -OCH3 is 1. The Bertz CT molecular complexity index is 1160. The zero-order valence-electron chi connectivity index (χ0n) is 19.0. The van der Waals surface area contributed by atoms with Gasteiger partial charge in [0.1, 0.15) is 4.92 Å². The summed E-state index contributed by atoms with van der Waals surface area (Å²) in [7, 11) is 3.74. The molecule has 33 heavy (non-hydrogen) atoms. The second-order valence-corrected chi connectivity index (χ2v) is 8.16. The molecule has 0 unspecified atom stereocenters. The van der Waals surface area contributed by atoms with Crippen LogP contribution >= 0.6 is 0 Å². The van der Waals surface area contributed by atoms with Gasteiger partial charge in [0.05, 0.1) is 28.5 Å². The molecule has 1 aromatic carbocycles. The number of carbonyl (C=O) groups excluding carboxylic acids is 1. The van der Waals surface area contributed by atoms with Gasteiger partial charge in [-0.3, -0.25) is 14.9 Å². The molecule has 176 valence electrons. The molecule has 4 rings (SSSR count). The van der Waals surface area contributed by atoms with E-state index in [1.165, 1.54) is 13.0 Å². The van der Waals surface area contributed by atoms with Crippen LogP contribution in [-0.2, 0) is 16.1 Å². The molecule has 1 aliphatic rings. The smallest absolute Gasteiger partial charge is 0.397 e. The van der Waals surface area contributed by atoms with Crippen LogP contribution in [0.4, 0.5) is 17.3 Å². The van der Waals surface area contributed by atoms with Gasteiger partial charge in [0.15, 0.2) is 11.6 Å². The van der Waals surface area contributed by atoms with Gasteiger partial charge in [0, 0.05) is 53.4 Å². The molecule has 2 aromatic heterocycles. The molecule has 1 N–H and O–H groups in total. The van der Waals surface area contributed by atoms with Crippen molar-refractivity contribution >= 4 is 34.2 Å². The standard InChI is InChI=1S/C22H28N6O5/c1-15(29)23-16-13-17-19(14-18(16)26-10-8-25(2)9-11-26)27(7-4-12-32-3)22(24-17)20-5-6-21(33-20)28(30)31/h5-6,13-14H,4,7-12H2,1-3H3,(H,23,29). The summed E-state index contributed by atoms with van der Waals surface area (Å²) in [5.74, 6) is 0.319. The number of carbonyl (C=O) groups is 1. The fraction of sp³-hybridized carbons (Fsp3) is 0.455. The number of benzene rings is 1. The van der Waals surface area contributed by atoms with Crippen LogP contribution in [-0.4, -0.2) is 72.2 Å². The van der Waals surface area contributed by atoms with Gasteiger partial charge in [-0.1, -0.05) is 0 Å². The van der Waals surface area contributed by atoms with Crippen molar-refractivity contribution in [2.45, 2.75) is 19.9 Å². The summed E-state index contributed by atoms with van der Waals surface area (Å²) < 4.78 is 12.7. The van der Waals surface area contributed by atoms with Crippen LogP contribution < -0.4 is 10.2 Å². The highest BCUT2D eigenvalue weighted by molar-refractivity contribution is 5.98. The molecule has 0 bridgehead atoms. The number of aryl methyl sites for hydroxylation is 1. The molecule has 0 radical (unpaired) electrons. The molecule has 11 heteroatoms. The van der Waals surface area contributed by atoms with E-state index in [4.69, 9.17) is 14.1 Å². The number of anilines is 2. The van der Waals surface area contributed by atoms with E-state index in [-0.39, 0.29) is 11.8 Å². The molecule has 0 aliphatic carbocycles. The van der Waals surface area contributed by atoms with E-state index in [2.05, 4.69) is 22.2 Å². The summed E-state index contributed by atoms with van der Waals surface area (Å²) in [4.78, 5) is 31.7. The van der Waals surface area contributed by atoms with E-state index in [9.17, 15) is 14.9 Å². The number of rotatable bonds is 8. The first kappa shape index (κ1) is 22.7. The average Bonchev–Trinajstić information content (AvgIpc) is 3.39. The van der Waals surface area contributed by atoms with E-state index in [0.29, 0.717) is 35.9 Å². The third-order valence-corrected chi connectivity index (χ3v) is 5.74. The Morgan fingerprint density at radius 3 is 2.67 bits per heavy atom. The van der Waals surface area contributed by atoms with E-state index < -0.39 is 4.92 Å². The largest absolute Gasteiger partial charge is 0.433 e. The second kappa shape index (κ2) is 9.59. The summed E-state index contributed by atoms with van der Waals surface area (Å²) in [6, 6.07) is 6.78. The van der Waals surface area contributed by atoms with Crippen LogP contribution in [0.3, 0.4) is 0 Å². The molecule has 3 heterocycles. The number of imidazole rings is 1. The Morgan fingerprint density at radius 1 is 1.27 bits per heavy atom. The Labute approximate surface area is 191 Å². The van der Waals surface area contributed by atoms with Gasteiger partial charge in [-0.2, -0.15) is 0 Å². The van der Waals surface area contributed by atoms with Gasteiger partial charge in [-0.15, -0.1) is 0 Å². The number of nitrogens with one attached hydrogen (secondary N) is 1. The zero-order valence-corrected chi connectivity index (χ0v) is 19.0. The lowest BCUT2D eigenvalue weighted by Crippen LogP contribution is -2.44. The fourth-order valence-corrected chi connectivity index (χ4v) is 4.09. The summed E-state index contributed by atoms with van der Waals surface area (Å²) >= 11 is 0. The number of amides is 1. The Hall–Kier alpha value is -3.44. The van der Waals surface area contributed by atoms with Crippen molar-refractivity contribution in [1.29, 1.82) is 0 Å². The van der Waals surface area contributed by atoms with E-state index in [0.717, 1.165) is 43.8 Å². The lowest BCUT2D eigenvalue weighted by Gasteiger charge is -2.35. The van der Waals surface area contributed by atoms with Crippen molar-refractivity contribution in [3.63, 3.8) is 0 Å². The number of hydrogen-bond acceptors (Lipinski definition) is 8. The summed E-state index contributed by atoms with van der Waals surface area (Å²) in [5, 5.41) is 14.1. The Kier molecular flexibility index (Phi) is 6.61. The number of nitrogens with zero attached hydrogens (tertiary/aromatic N) is 5. The Morgan fingerprint density at radius 2 is 2.03 bits per heavy atom. The number of likely N-dealkylation sites (N-methyl/N-ethyl adjacent to an activating group) is 1. The zero-order chi connectivity index (χ0) is 23.5. The van der Waals surface area contributed by atoms with Crippen molar-refractivity contribution in [2.75, 3.05) is 57.2 Å². The number of aromatic nitrogens is 2. The van der Waals surface area contributed by atoms with Gasteiger partial charge in [-0.25, -0.2) is 4.98 Å². The minimum atomic E-state index is -0.568. The van der Waals surface area contributed by atoms with Crippen LogP contribution in [0.2, 0.25) is 0 Å². The van der Waals surface area contributed by atoms with E-state index in [1.807, 2.05) is 16.7 Å². The number of piperazine rings is 1. The van der Waals surface area contributed by atoms with Crippen molar-refractivity contribution in [1.82, 2.24) is 14.5 Å². The average molecular weight is 457 g/mol. The molecular weight excluding hydrogens is 428 g/mol. The first-order chi connectivity index (χ1) is 15.9. The fourth-order valence-electron chi connectivity index (χ4n) is 4.09. The topological polar surface area (TPSA) is 119 Å². The second-order valence-electron chi connectivity index (χ2n) is 8.16. The highest BCUT2D eigenvalue weighted by atomic mass is 16.6. The van der Waals surface area contributed by atoms with Crippen molar-refractivity contribution in [3.8, 4) is 11.6 Å². The van der Waals surface area contributed by atoms with Crippen LogP contribution in [0.15, 0.2) is 28.7 Å². The van der Waals surface area contributed by atoms with Gasteiger partial charge in [0.2, 0.25) is 5.91 Å². The minimum absolute atomic E-state index is 0.161. The van der Waals surface area contributed by atoms with Crippen molar-refractivity contribution in [2.24, 2.45) is 0 Å². The normalized spacial score (nSPS) is 14.7. The third-order valence-electron chi connectivity index (χ3n) is 5.74. The molecule has 0 saturated carbocycles. The number of fused-ring (bicyclic) bond motifs is 1. The SMILES string of the molecule is COCCCn1c(-c2ccc([N+](=O)[O-])o2)nc2cc(NC(C)=O)c(N3CCN(C)CC3)cc21. The van der Waals surface area contributed by atoms with Crippen molar-refractivity contribution < 1.29 is 18.9 Å². The summed E-state index contributed by atoms with van der Waals surface area (Å²) in [6.07, 6.45) is 0.731. The van der Waals surface area contributed by atoms with Crippen LogP contribution in [0.5, 0.6) is 0 Å². The number of ether oxygens (including phenoxy) is 1. The Balaban J connectivity index is 1.84. The first-order valence-corrected chi connectivity index (χ1v) is 10.9. The van der Waals surface area contributed by atoms with E-state index >= 15 is 0 Å². The van der Waals surface area contributed by atoms with Crippen LogP contribution in [0.1, 0.15) is 13.3 Å². The van der Waals surface area contributed by atoms with Crippen LogP contribution in [0.25, 0.3) is 22.6 Å². The number of furan rings is 1. The number of nitro groups is 1. The minimum Gasteiger partial charge on any atom is -0.397 e. The molecule has 0 atom stereocenters. The first-order valence-electron chi connectivity index (χ1n) is 10.9. The van der Waals surface area contributed by atoms with Crippen LogP contribution in [0, 0.1) is 10.1 Å². The lowest BCUT2D eigenvalue weighted by atomic mass is 10.2. The monoisotopic (exact) mass is 456 g/mol. The van der Waals surface area contributed by atoms with Gasteiger partial charge < -0.3 is 28.8 Å². The summed E-state index contributed by atoms with van der Waals surface area (Å²) in [6.45, 7) is 6.16. The van der Waals surface area contributed by atoms with Gasteiger partial charge in [0.25, 0.3) is 0 Å². The summed E-state index contributed by atoms with van der Waals surface area (Å²) in [5.41, 5.74) is 3.15. The van der Waals surface area contributed by atoms with Gasteiger partial charge >= 0.3 is 5.88 Å². The molecule has 3 aromatic rings. The van der Waals surface area contributed by atoms with Gasteiger partial charge in [-0.05, 0) is 31.7 Å². The molecule has 11 nitrogen and oxygen atoms in total. The van der Waals surface area contributed by atoms with E-state index in [1.54, 1.807) is 13.2 Å². The third kappa shape index (κ3) is 4.83. The maximum Gasteiger partial charge on any atom is 0.433 e. The molecule has 0 spiro atoms. The predicted octanol–water partition coefficient (Wildman–Crippen LogP) is 2.95. The number of hydrogen-bond donors (Lipinski definition) is 1. The highest BCUT2D eigenvalue weighted by Gasteiger charge is 2.23. The highest BCUT2D eigenvalue weighted by Crippen LogP contribution is 2.36. The molecule has 1 amide bonds. The molecular formula is C22H28N6O5. The molecule has 1 aliphatic heterocycles. The molecule has 1 saturated heterocycles. The maximum atomic E-state index is 11.9. The molecule has 1 fully saturated rings.